The molecule has 1 aliphatic heterocycles. The van der Waals surface area contributed by atoms with Crippen molar-refractivity contribution >= 4 is 17.4 Å². The highest BCUT2D eigenvalue weighted by molar-refractivity contribution is 5.98. The Morgan fingerprint density at radius 2 is 1.59 bits per heavy atom. The summed E-state index contributed by atoms with van der Waals surface area (Å²) in [5.74, 6) is 1.52. The number of hydrogen-bond acceptors (Lipinski definition) is 6. The van der Waals surface area contributed by atoms with Crippen molar-refractivity contribution in [3.8, 4) is 11.5 Å². The molecule has 1 amide bonds. The summed E-state index contributed by atoms with van der Waals surface area (Å²) in [6, 6.07) is 9.99. The van der Waals surface area contributed by atoms with Crippen molar-refractivity contribution in [1.82, 2.24) is 10.2 Å². The van der Waals surface area contributed by atoms with Crippen molar-refractivity contribution in [2.24, 2.45) is 5.92 Å². The predicted octanol–water partition coefficient (Wildman–Crippen LogP) is 8.27. The molecule has 7 heteroatoms. The minimum atomic E-state index is -0.288. The molecule has 2 aromatic rings. The summed E-state index contributed by atoms with van der Waals surface area (Å²) < 4.78 is 18.1. The molecule has 0 aromatic heterocycles. The van der Waals surface area contributed by atoms with Crippen molar-refractivity contribution in [3.63, 3.8) is 0 Å². The van der Waals surface area contributed by atoms with Crippen LogP contribution in [-0.4, -0.2) is 48.7 Å². The highest BCUT2D eigenvalue weighted by atomic mass is 16.5. The quantitative estimate of drug-likeness (QED) is 0.132. The largest absolute Gasteiger partial charge is 0.493 e. The zero-order chi connectivity index (χ0) is 33.1. The van der Waals surface area contributed by atoms with E-state index in [-0.39, 0.29) is 24.0 Å². The van der Waals surface area contributed by atoms with Gasteiger partial charge in [-0.2, -0.15) is 0 Å². The van der Waals surface area contributed by atoms with E-state index in [1.807, 2.05) is 24.0 Å². The van der Waals surface area contributed by atoms with Crippen LogP contribution in [0.3, 0.4) is 0 Å². The van der Waals surface area contributed by atoms with E-state index in [9.17, 15) is 9.59 Å². The van der Waals surface area contributed by atoms with Crippen molar-refractivity contribution < 1.29 is 23.8 Å². The van der Waals surface area contributed by atoms with Gasteiger partial charge in [0.1, 0.15) is 23.6 Å². The Balaban J connectivity index is 1.43. The van der Waals surface area contributed by atoms with Crippen LogP contribution >= 0.6 is 0 Å². The summed E-state index contributed by atoms with van der Waals surface area (Å²) in [6.07, 6.45) is 9.80. The zero-order valence-electron chi connectivity index (χ0n) is 28.9. The van der Waals surface area contributed by atoms with E-state index in [1.54, 1.807) is 0 Å². The van der Waals surface area contributed by atoms with E-state index < -0.39 is 0 Å². The van der Waals surface area contributed by atoms with Gasteiger partial charge in [-0.3, -0.25) is 9.59 Å². The molecule has 4 rings (SSSR count). The van der Waals surface area contributed by atoms with Crippen molar-refractivity contribution in [2.75, 3.05) is 19.8 Å². The van der Waals surface area contributed by atoms with E-state index in [1.165, 1.54) is 11.1 Å². The smallest absolute Gasteiger partial charge is 0.323 e. The fraction of sp³-hybridized carbons (Fsp3) is 0.590. The molecule has 7 nitrogen and oxygen atoms in total. The van der Waals surface area contributed by atoms with Gasteiger partial charge >= 0.3 is 5.97 Å². The molecule has 1 N–H and O–H groups in total. The number of unbranched alkanes of at least 4 members (excludes halogenated alkanes) is 2. The summed E-state index contributed by atoms with van der Waals surface area (Å²) in [5, 5.41) is 3.48. The van der Waals surface area contributed by atoms with Gasteiger partial charge < -0.3 is 24.4 Å². The first-order valence-electron chi connectivity index (χ1n) is 17.6. The number of hydrogen-bond donors (Lipinski definition) is 1. The van der Waals surface area contributed by atoms with Gasteiger partial charge in [0.25, 0.3) is 5.91 Å². The number of allylic oxidation sites excluding steroid dienone is 1. The number of nitrogens with one attached hydrogen (secondary N) is 1. The molecular formula is C39H56N2O5. The van der Waals surface area contributed by atoms with Crippen molar-refractivity contribution in [2.45, 2.75) is 124 Å². The lowest BCUT2D eigenvalue weighted by Crippen LogP contribution is -2.41. The van der Waals surface area contributed by atoms with Crippen LogP contribution in [0.25, 0.3) is 5.57 Å². The van der Waals surface area contributed by atoms with Gasteiger partial charge in [-0.05, 0) is 99.1 Å². The lowest BCUT2D eigenvalue weighted by atomic mass is 10.0. The zero-order valence-corrected chi connectivity index (χ0v) is 28.9. The topological polar surface area (TPSA) is 77.1 Å². The van der Waals surface area contributed by atoms with Gasteiger partial charge in [0.2, 0.25) is 0 Å². The molecule has 1 atom stereocenters. The summed E-state index contributed by atoms with van der Waals surface area (Å²) in [4.78, 5) is 28.9. The Morgan fingerprint density at radius 1 is 0.935 bits per heavy atom. The number of carbonyl (C=O) groups is 2. The standard InChI is InChI=1S/C39H56N2O5/c1-7-9-19-44-36-24-37(45-20-10-8-2)34(23-33(36)28(5)6)38(42)41-25-30-16-15-29(22-31(30)26-41)17-18-40-35(21-27(3)4)39(43)46-32-13-11-12-14-32/h15-16,22-24,27,32,35,40H,5,7-14,17-21,25-26H2,1-4,6H3/t35-/m0/s1. The van der Waals surface area contributed by atoms with E-state index in [4.69, 9.17) is 14.2 Å². The Bertz CT molecular complexity index is 1330. The molecule has 0 unspecified atom stereocenters. The number of nitrogens with zero attached hydrogens (tertiary/aromatic N) is 1. The number of rotatable bonds is 18. The van der Waals surface area contributed by atoms with Crippen LogP contribution in [0.5, 0.6) is 11.5 Å². The molecule has 1 fully saturated rings. The maximum absolute atomic E-state index is 14.0. The van der Waals surface area contributed by atoms with Crippen molar-refractivity contribution in [1.29, 1.82) is 0 Å². The third-order valence-electron chi connectivity index (χ3n) is 8.94. The maximum atomic E-state index is 14.0. The van der Waals surface area contributed by atoms with E-state index in [0.717, 1.165) is 86.7 Å². The molecule has 0 saturated heterocycles. The molecular weight excluding hydrogens is 576 g/mol. The Morgan fingerprint density at radius 3 is 2.22 bits per heavy atom. The Kier molecular flexibility index (Phi) is 13.6. The second kappa shape index (κ2) is 17.6. The Hall–Kier alpha value is -3.32. The molecule has 0 radical (unpaired) electrons. The van der Waals surface area contributed by atoms with Gasteiger partial charge in [0.05, 0.1) is 18.8 Å². The van der Waals surface area contributed by atoms with Crippen LogP contribution in [0.4, 0.5) is 0 Å². The third-order valence-corrected chi connectivity index (χ3v) is 8.94. The summed E-state index contributed by atoms with van der Waals surface area (Å²) in [7, 11) is 0. The van der Waals surface area contributed by atoms with E-state index >= 15 is 0 Å². The van der Waals surface area contributed by atoms with Crippen molar-refractivity contribution in [3.05, 3.63) is 64.7 Å². The number of benzene rings is 2. The second-order valence-electron chi connectivity index (χ2n) is 13.5. The molecule has 2 aromatic carbocycles. The summed E-state index contributed by atoms with van der Waals surface area (Å²) >= 11 is 0. The van der Waals surface area contributed by atoms with Crippen LogP contribution in [0.15, 0.2) is 36.9 Å². The first kappa shape index (κ1) is 35.5. The third kappa shape index (κ3) is 9.84. The molecule has 1 aliphatic carbocycles. The average Bonchev–Trinajstić information content (AvgIpc) is 3.70. The number of ether oxygens (including phenoxy) is 3. The summed E-state index contributed by atoms with van der Waals surface area (Å²) in [5.41, 5.74) is 5.77. The lowest BCUT2D eigenvalue weighted by Gasteiger charge is -2.22. The molecule has 1 saturated carbocycles. The Labute approximate surface area is 277 Å². The van der Waals surface area contributed by atoms with Gasteiger partial charge in [0.15, 0.2) is 0 Å². The second-order valence-corrected chi connectivity index (χ2v) is 13.5. The van der Waals surface area contributed by atoms with Crippen LogP contribution < -0.4 is 14.8 Å². The van der Waals surface area contributed by atoms with Gasteiger partial charge in [-0.15, -0.1) is 0 Å². The van der Waals surface area contributed by atoms with Crippen LogP contribution in [0.1, 0.15) is 125 Å². The number of fused-ring (bicyclic) bond motifs is 1. The molecule has 0 spiro atoms. The fourth-order valence-corrected chi connectivity index (χ4v) is 6.25. The monoisotopic (exact) mass is 632 g/mol. The molecule has 2 aliphatic rings. The highest BCUT2D eigenvalue weighted by Crippen LogP contribution is 2.36. The predicted molar refractivity (Wildman–Crippen MR) is 185 cm³/mol. The minimum Gasteiger partial charge on any atom is -0.493 e. The highest BCUT2D eigenvalue weighted by Gasteiger charge is 2.29. The fourth-order valence-electron chi connectivity index (χ4n) is 6.25. The van der Waals surface area contributed by atoms with Gasteiger partial charge in [0, 0.05) is 24.7 Å². The van der Waals surface area contributed by atoms with E-state index in [2.05, 4.69) is 57.8 Å². The number of esters is 1. The first-order chi connectivity index (χ1) is 22.2. The normalized spacial score (nSPS) is 15.2. The van der Waals surface area contributed by atoms with E-state index in [0.29, 0.717) is 50.1 Å². The number of carbonyl (C=O) groups excluding carboxylic acids is 2. The maximum Gasteiger partial charge on any atom is 0.323 e. The SMILES string of the molecule is C=C(C)c1cc(C(=O)N2Cc3ccc(CCN[C@@H](CC(C)C)C(=O)OC4CCCC4)cc3C2)c(OCCCC)cc1OCCCC. The molecule has 252 valence electrons. The van der Waals surface area contributed by atoms with Crippen LogP contribution in [0, 0.1) is 5.92 Å². The number of amides is 1. The molecule has 1 heterocycles. The first-order valence-corrected chi connectivity index (χ1v) is 17.6. The molecule has 0 bridgehead atoms. The average molecular weight is 633 g/mol. The van der Waals surface area contributed by atoms with Crippen LogP contribution in [-0.2, 0) is 29.0 Å². The van der Waals surface area contributed by atoms with Gasteiger partial charge in [-0.1, -0.05) is 65.3 Å². The summed E-state index contributed by atoms with van der Waals surface area (Å²) in [6.45, 7) is 17.6. The molecule has 46 heavy (non-hydrogen) atoms. The minimum absolute atomic E-state index is 0.0502. The van der Waals surface area contributed by atoms with Crippen LogP contribution in [0.2, 0.25) is 0 Å². The van der Waals surface area contributed by atoms with Gasteiger partial charge in [-0.25, -0.2) is 0 Å². The lowest BCUT2D eigenvalue weighted by molar-refractivity contribution is -0.151.